The number of aryl methyl sites for hydroxylation is 1. The molecule has 0 bridgehead atoms. The maximum absolute atomic E-state index is 13.7. The Morgan fingerprint density at radius 3 is 2.48 bits per heavy atom. The summed E-state index contributed by atoms with van der Waals surface area (Å²) in [6, 6.07) is 18.0. The van der Waals surface area contributed by atoms with E-state index in [1.165, 1.54) is 11.1 Å². The quantitative estimate of drug-likeness (QED) is 0.419. The highest BCUT2D eigenvalue weighted by Crippen LogP contribution is 2.49. The number of likely N-dealkylation sites (tertiary alicyclic amines) is 1. The largest absolute Gasteiger partial charge is 0.492 e. The van der Waals surface area contributed by atoms with Crippen molar-refractivity contribution in [1.29, 1.82) is 0 Å². The van der Waals surface area contributed by atoms with Crippen LogP contribution in [0.2, 0.25) is 0 Å². The molecule has 2 amide bonds. The third-order valence-corrected chi connectivity index (χ3v) is 8.85. The van der Waals surface area contributed by atoms with Gasteiger partial charge < -0.3 is 19.3 Å². The third kappa shape index (κ3) is 4.73. The van der Waals surface area contributed by atoms with Gasteiger partial charge in [-0.3, -0.25) is 10.1 Å². The van der Waals surface area contributed by atoms with E-state index in [-0.39, 0.29) is 11.3 Å². The van der Waals surface area contributed by atoms with Crippen LogP contribution in [0.1, 0.15) is 53.7 Å². The standard InChI is InChI=1S/C33H37N3O4/c1-4-35-16-13-33(14-17-35)21-40-30-19-25-12-15-36(29(25)20-28(30)33)31(37)24-8-6-23(7-9-24)27-11-10-26(18-22(27)3)34-32(38)39-5-2/h6-11,18-20H,4-5,12-17,21H2,1-3H3,(H,34,38). The number of anilines is 2. The SMILES string of the molecule is CCOC(=O)Nc1ccc(-c2ccc(C(=O)N3CCc4cc5c(cc43)C3(CCN(CC)CC3)CO5)cc2)c(C)c1. The van der Waals surface area contributed by atoms with Crippen molar-refractivity contribution < 1.29 is 19.1 Å². The van der Waals surface area contributed by atoms with E-state index in [4.69, 9.17) is 9.47 Å². The molecule has 0 unspecified atom stereocenters. The Labute approximate surface area is 236 Å². The van der Waals surface area contributed by atoms with Crippen LogP contribution in [0, 0.1) is 6.92 Å². The zero-order valence-electron chi connectivity index (χ0n) is 23.6. The number of nitrogens with one attached hydrogen (secondary N) is 1. The van der Waals surface area contributed by atoms with Crippen LogP contribution in [-0.4, -0.2) is 56.3 Å². The molecule has 40 heavy (non-hydrogen) atoms. The predicted molar refractivity (Wildman–Crippen MR) is 158 cm³/mol. The number of rotatable bonds is 5. The summed E-state index contributed by atoms with van der Waals surface area (Å²) in [5.74, 6) is 1.05. The summed E-state index contributed by atoms with van der Waals surface area (Å²) in [5.41, 5.74) is 8.05. The van der Waals surface area contributed by atoms with Crippen molar-refractivity contribution in [3.8, 4) is 16.9 Å². The molecule has 1 spiro atoms. The fraction of sp³-hybridized carbons (Fsp3) is 0.394. The van der Waals surface area contributed by atoms with Gasteiger partial charge in [-0.1, -0.05) is 25.1 Å². The first-order chi connectivity index (χ1) is 19.4. The number of carbonyl (C=O) groups excluding carboxylic acids is 2. The van der Waals surface area contributed by atoms with E-state index in [0.29, 0.717) is 24.4 Å². The van der Waals surface area contributed by atoms with Crippen molar-refractivity contribution in [2.75, 3.05) is 49.6 Å². The molecule has 7 nitrogen and oxygen atoms in total. The first-order valence-corrected chi connectivity index (χ1v) is 14.4. The molecule has 3 aromatic carbocycles. The van der Waals surface area contributed by atoms with Gasteiger partial charge in [0.05, 0.1) is 13.2 Å². The summed E-state index contributed by atoms with van der Waals surface area (Å²) < 4.78 is 11.2. The minimum absolute atomic E-state index is 0.0322. The Morgan fingerprint density at radius 2 is 1.77 bits per heavy atom. The number of amides is 2. The van der Waals surface area contributed by atoms with E-state index < -0.39 is 6.09 Å². The second-order valence-electron chi connectivity index (χ2n) is 11.1. The average molecular weight is 540 g/mol. The summed E-state index contributed by atoms with van der Waals surface area (Å²) in [6.45, 7) is 11.0. The number of nitrogens with zero attached hydrogens (tertiary/aromatic N) is 2. The normalized spacial score (nSPS) is 17.3. The van der Waals surface area contributed by atoms with Crippen LogP contribution in [0.15, 0.2) is 54.6 Å². The van der Waals surface area contributed by atoms with Crippen LogP contribution in [-0.2, 0) is 16.6 Å². The second kappa shape index (κ2) is 10.6. The van der Waals surface area contributed by atoms with Crippen LogP contribution < -0.4 is 15.0 Å². The Hall–Kier alpha value is -3.84. The molecule has 208 valence electrons. The van der Waals surface area contributed by atoms with Crippen molar-refractivity contribution in [2.45, 2.75) is 45.4 Å². The van der Waals surface area contributed by atoms with E-state index in [1.54, 1.807) is 6.92 Å². The van der Waals surface area contributed by atoms with Gasteiger partial charge in [-0.2, -0.15) is 0 Å². The molecular formula is C33H37N3O4. The minimum atomic E-state index is -0.462. The van der Waals surface area contributed by atoms with E-state index in [9.17, 15) is 9.59 Å². The lowest BCUT2D eigenvalue weighted by Crippen LogP contribution is -2.43. The average Bonchev–Trinajstić information content (AvgIpc) is 3.53. The third-order valence-electron chi connectivity index (χ3n) is 8.85. The van der Waals surface area contributed by atoms with Crippen molar-refractivity contribution in [3.63, 3.8) is 0 Å². The van der Waals surface area contributed by atoms with Crippen molar-refractivity contribution in [2.24, 2.45) is 0 Å². The van der Waals surface area contributed by atoms with Crippen LogP contribution in [0.3, 0.4) is 0 Å². The fourth-order valence-corrected chi connectivity index (χ4v) is 6.46. The first-order valence-electron chi connectivity index (χ1n) is 14.4. The summed E-state index contributed by atoms with van der Waals surface area (Å²) in [5, 5.41) is 2.74. The van der Waals surface area contributed by atoms with Crippen LogP contribution >= 0.6 is 0 Å². The fourth-order valence-electron chi connectivity index (χ4n) is 6.46. The molecule has 1 N–H and O–H groups in total. The topological polar surface area (TPSA) is 71.1 Å². The van der Waals surface area contributed by atoms with Crippen LogP contribution in [0.4, 0.5) is 16.2 Å². The summed E-state index contributed by atoms with van der Waals surface area (Å²) in [4.78, 5) is 29.9. The first kappa shape index (κ1) is 26.4. The predicted octanol–water partition coefficient (Wildman–Crippen LogP) is 6.18. The zero-order valence-corrected chi connectivity index (χ0v) is 23.6. The van der Waals surface area contributed by atoms with Crippen LogP contribution in [0.5, 0.6) is 5.75 Å². The summed E-state index contributed by atoms with van der Waals surface area (Å²) >= 11 is 0. The number of benzene rings is 3. The van der Waals surface area contributed by atoms with Gasteiger partial charge in [-0.15, -0.1) is 0 Å². The van der Waals surface area contributed by atoms with E-state index in [2.05, 4.69) is 29.3 Å². The monoisotopic (exact) mass is 539 g/mol. The minimum Gasteiger partial charge on any atom is -0.492 e. The molecule has 3 aromatic rings. The number of ether oxygens (including phenoxy) is 2. The lowest BCUT2D eigenvalue weighted by atomic mass is 9.74. The molecular weight excluding hydrogens is 502 g/mol. The number of fused-ring (bicyclic) bond motifs is 3. The van der Waals surface area contributed by atoms with Crippen molar-refractivity contribution >= 4 is 23.4 Å². The highest BCUT2D eigenvalue weighted by Gasteiger charge is 2.44. The van der Waals surface area contributed by atoms with Crippen molar-refractivity contribution in [1.82, 2.24) is 4.90 Å². The Bertz CT molecular complexity index is 1440. The lowest BCUT2D eigenvalue weighted by molar-refractivity contribution is 0.0989. The number of hydrogen-bond acceptors (Lipinski definition) is 5. The van der Waals surface area contributed by atoms with Gasteiger partial charge in [-0.25, -0.2) is 4.79 Å². The number of piperidine rings is 1. The number of hydrogen-bond donors (Lipinski definition) is 1. The molecule has 1 saturated heterocycles. The molecule has 3 aliphatic heterocycles. The molecule has 0 atom stereocenters. The van der Waals surface area contributed by atoms with E-state index in [0.717, 1.165) is 73.6 Å². The Balaban J connectivity index is 1.20. The maximum Gasteiger partial charge on any atom is 0.411 e. The van der Waals surface area contributed by atoms with E-state index in [1.807, 2.05) is 54.3 Å². The van der Waals surface area contributed by atoms with E-state index >= 15 is 0 Å². The molecule has 0 aliphatic carbocycles. The highest BCUT2D eigenvalue weighted by molar-refractivity contribution is 6.07. The van der Waals surface area contributed by atoms with Gasteiger partial charge in [0.15, 0.2) is 0 Å². The van der Waals surface area contributed by atoms with Gasteiger partial charge in [0.1, 0.15) is 5.75 Å². The molecule has 7 heteroatoms. The summed E-state index contributed by atoms with van der Waals surface area (Å²) in [6.07, 6.45) is 2.58. The van der Waals surface area contributed by atoms with Gasteiger partial charge in [0.25, 0.3) is 5.91 Å². The Morgan fingerprint density at radius 1 is 1.00 bits per heavy atom. The Kier molecular flexibility index (Phi) is 7.00. The molecule has 3 heterocycles. The molecule has 3 aliphatic rings. The van der Waals surface area contributed by atoms with Gasteiger partial charge in [0.2, 0.25) is 0 Å². The smallest absolute Gasteiger partial charge is 0.411 e. The second-order valence-corrected chi connectivity index (χ2v) is 11.1. The van der Waals surface area contributed by atoms with Crippen molar-refractivity contribution in [3.05, 3.63) is 76.9 Å². The molecule has 0 radical (unpaired) electrons. The molecule has 1 fully saturated rings. The molecule has 0 aromatic heterocycles. The summed E-state index contributed by atoms with van der Waals surface area (Å²) in [7, 11) is 0. The maximum atomic E-state index is 13.7. The molecule has 6 rings (SSSR count). The lowest BCUT2D eigenvalue weighted by Gasteiger charge is -2.38. The zero-order chi connectivity index (χ0) is 27.9. The van der Waals surface area contributed by atoms with Crippen LogP contribution in [0.25, 0.3) is 11.1 Å². The highest BCUT2D eigenvalue weighted by atomic mass is 16.5. The van der Waals surface area contributed by atoms with Gasteiger partial charge >= 0.3 is 6.09 Å². The van der Waals surface area contributed by atoms with Gasteiger partial charge in [0, 0.05) is 34.5 Å². The number of carbonyl (C=O) groups is 2. The van der Waals surface area contributed by atoms with Gasteiger partial charge in [-0.05, 0) is 111 Å². The molecule has 0 saturated carbocycles.